The molecule has 0 saturated carbocycles. The number of anilines is 1. The molecule has 1 N–H and O–H groups in total. The summed E-state index contributed by atoms with van der Waals surface area (Å²) in [6, 6.07) is 15.3. The largest absolute Gasteiger partial charge is 0.320 e. The van der Waals surface area contributed by atoms with E-state index in [1.54, 1.807) is 23.0 Å². The van der Waals surface area contributed by atoms with E-state index in [4.69, 9.17) is 11.6 Å². The summed E-state index contributed by atoms with van der Waals surface area (Å²) >= 11 is 7.72. The van der Waals surface area contributed by atoms with E-state index in [1.165, 1.54) is 29.7 Å². The zero-order valence-electron chi connectivity index (χ0n) is 15.4. The second-order valence-electron chi connectivity index (χ2n) is 6.51. The van der Waals surface area contributed by atoms with Crippen LogP contribution in [0, 0.1) is 0 Å². The lowest BCUT2D eigenvalue weighted by atomic mass is 10.1. The van der Waals surface area contributed by atoms with Crippen LogP contribution in [0.2, 0.25) is 5.02 Å². The number of unbranched alkanes of at least 4 members (excludes halogenated alkanes) is 1. The maximum absolute atomic E-state index is 12.3. The minimum Gasteiger partial charge on any atom is -0.320 e. The van der Waals surface area contributed by atoms with Gasteiger partial charge in [0.05, 0.1) is 21.3 Å². The average molecular weight is 411 g/mol. The first-order chi connectivity index (χ1) is 13.6. The molecule has 0 aliphatic rings. The van der Waals surface area contributed by atoms with E-state index in [-0.39, 0.29) is 5.91 Å². The summed E-state index contributed by atoms with van der Waals surface area (Å²) in [5.74, 6) is -0.189. The number of thiophene rings is 1. The fraction of sp³-hybridized carbons (Fsp3) is 0.190. The van der Waals surface area contributed by atoms with E-state index < -0.39 is 0 Å². The molecule has 142 valence electrons. The Morgan fingerprint density at radius 1 is 1.14 bits per heavy atom. The van der Waals surface area contributed by atoms with Crippen LogP contribution in [0.1, 0.15) is 35.0 Å². The summed E-state index contributed by atoms with van der Waals surface area (Å²) in [4.78, 5) is 14.5. The van der Waals surface area contributed by atoms with Gasteiger partial charge in [-0.25, -0.2) is 0 Å². The number of hydrogen-bond acceptors (Lipinski definition) is 4. The van der Waals surface area contributed by atoms with Gasteiger partial charge in [0.1, 0.15) is 11.0 Å². The highest BCUT2D eigenvalue weighted by Gasteiger charge is 2.13. The van der Waals surface area contributed by atoms with E-state index in [9.17, 15) is 4.79 Å². The smallest absolute Gasteiger partial charge is 0.265 e. The molecule has 4 rings (SSSR count). The van der Waals surface area contributed by atoms with Gasteiger partial charge in [-0.1, -0.05) is 43.1 Å². The van der Waals surface area contributed by atoms with Gasteiger partial charge in [-0.3, -0.25) is 4.79 Å². The predicted molar refractivity (Wildman–Crippen MR) is 115 cm³/mol. The first-order valence-corrected chi connectivity index (χ1v) is 10.4. The van der Waals surface area contributed by atoms with Crippen molar-refractivity contribution in [3.05, 3.63) is 69.4 Å². The minimum absolute atomic E-state index is 0.189. The SMILES string of the molecule is CCCCc1ccc(-n2nc3cc(Cl)c(NC(=O)c4cccs4)cc3n2)cc1. The van der Waals surface area contributed by atoms with Crippen molar-refractivity contribution >= 4 is 45.6 Å². The van der Waals surface area contributed by atoms with E-state index in [0.29, 0.717) is 26.6 Å². The van der Waals surface area contributed by atoms with Crippen LogP contribution < -0.4 is 5.32 Å². The van der Waals surface area contributed by atoms with Crippen molar-refractivity contribution < 1.29 is 4.79 Å². The molecular formula is C21H19ClN4OS. The molecule has 2 aromatic heterocycles. The molecular weight excluding hydrogens is 392 g/mol. The number of hydrogen-bond donors (Lipinski definition) is 1. The molecule has 0 unspecified atom stereocenters. The van der Waals surface area contributed by atoms with Gasteiger partial charge in [0.15, 0.2) is 0 Å². The molecule has 28 heavy (non-hydrogen) atoms. The van der Waals surface area contributed by atoms with Crippen LogP contribution in [0.25, 0.3) is 16.7 Å². The number of carbonyl (C=O) groups excluding carboxylic acids is 1. The highest BCUT2D eigenvalue weighted by molar-refractivity contribution is 7.12. The predicted octanol–water partition coefficient (Wildman–Crippen LogP) is 5.73. The molecule has 0 saturated heterocycles. The van der Waals surface area contributed by atoms with Gasteiger partial charge in [-0.2, -0.15) is 4.80 Å². The summed E-state index contributed by atoms with van der Waals surface area (Å²) in [5, 5.41) is 14.2. The molecule has 2 heterocycles. The number of rotatable bonds is 6. The van der Waals surface area contributed by atoms with E-state index in [0.717, 1.165) is 12.1 Å². The molecule has 0 fully saturated rings. The second-order valence-corrected chi connectivity index (χ2v) is 7.87. The molecule has 0 spiro atoms. The van der Waals surface area contributed by atoms with Gasteiger partial charge in [0.2, 0.25) is 0 Å². The van der Waals surface area contributed by atoms with Gasteiger partial charge in [0, 0.05) is 0 Å². The number of halogens is 1. The molecule has 0 bridgehead atoms. The fourth-order valence-corrected chi connectivity index (χ4v) is 3.74. The number of aromatic nitrogens is 3. The Morgan fingerprint density at radius 2 is 1.89 bits per heavy atom. The van der Waals surface area contributed by atoms with Gasteiger partial charge >= 0.3 is 0 Å². The van der Waals surface area contributed by atoms with Crippen molar-refractivity contribution in [1.82, 2.24) is 15.0 Å². The van der Waals surface area contributed by atoms with Crippen LogP contribution in [0.3, 0.4) is 0 Å². The van der Waals surface area contributed by atoms with Gasteiger partial charge in [0.25, 0.3) is 5.91 Å². The third-order valence-corrected chi connectivity index (χ3v) is 5.63. The Balaban J connectivity index is 1.59. The normalized spacial score (nSPS) is 11.1. The molecule has 7 heteroatoms. The van der Waals surface area contributed by atoms with Gasteiger partial charge in [-0.15, -0.1) is 21.5 Å². The molecule has 1 amide bonds. The molecule has 2 aromatic carbocycles. The minimum atomic E-state index is -0.189. The lowest BCUT2D eigenvalue weighted by Crippen LogP contribution is -2.10. The lowest BCUT2D eigenvalue weighted by Gasteiger charge is -2.05. The quantitative estimate of drug-likeness (QED) is 0.441. The Hall–Kier alpha value is -2.70. The highest BCUT2D eigenvalue weighted by Crippen LogP contribution is 2.28. The van der Waals surface area contributed by atoms with E-state index in [1.807, 2.05) is 23.6 Å². The Bertz CT molecular complexity index is 1100. The molecule has 0 radical (unpaired) electrons. The number of fused-ring (bicyclic) bond motifs is 1. The monoisotopic (exact) mass is 410 g/mol. The lowest BCUT2D eigenvalue weighted by molar-refractivity contribution is 0.103. The maximum atomic E-state index is 12.3. The van der Waals surface area contributed by atoms with Crippen molar-refractivity contribution in [2.45, 2.75) is 26.2 Å². The Morgan fingerprint density at radius 3 is 2.57 bits per heavy atom. The van der Waals surface area contributed by atoms with Crippen molar-refractivity contribution in [1.29, 1.82) is 0 Å². The number of benzene rings is 2. The summed E-state index contributed by atoms with van der Waals surface area (Å²) in [6.45, 7) is 2.19. The first kappa shape index (κ1) is 18.7. The number of carbonyl (C=O) groups is 1. The van der Waals surface area contributed by atoms with Crippen molar-refractivity contribution in [3.63, 3.8) is 0 Å². The topological polar surface area (TPSA) is 59.8 Å². The number of nitrogens with one attached hydrogen (secondary N) is 1. The highest BCUT2D eigenvalue weighted by atomic mass is 35.5. The Labute approximate surface area is 172 Å². The van der Waals surface area contributed by atoms with Crippen molar-refractivity contribution in [3.8, 4) is 5.69 Å². The van der Waals surface area contributed by atoms with Crippen LogP contribution in [0.5, 0.6) is 0 Å². The van der Waals surface area contributed by atoms with Crippen molar-refractivity contribution in [2.75, 3.05) is 5.32 Å². The summed E-state index contributed by atoms with van der Waals surface area (Å²) in [6.07, 6.45) is 3.44. The van der Waals surface area contributed by atoms with Gasteiger partial charge < -0.3 is 5.32 Å². The number of amides is 1. The standard InChI is InChI=1S/C21H19ClN4OS/c1-2-3-5-14-7-9-15(10-8-14)26-24-18-12-16(22)17(13-19(18)25-26)23-21(27)20-6-4-11-28-20/h4,6-13H,2-3,5H2,1H3,(H,23,27). The van der Waals surface area contributed by atoms with Crippen LogP contribution in [0.4, 0.5) is 5.69 Å². The van der Waals surface area contributed by atoms with E-state index in [2.05, 4.69) is 34.6 Å². The second kappa shape index (κ2) is 8.12. The van der Waals surface area contributed by atoms with Gasteiger partial charge in [-0.05, 0) is 54.1 Å². The van der Waals surface area contributed by atoms with Crippen LogP contribution in [-0.4, -0.2) is 20.9 Å². The number of nitrogens with zero attached hydrogens (tertiary/aromatic N) is 3. The molecule has 5 nitrogen and oxygen atoms in total. The molecule has 0 atom stereocenters. The Kier molecular flexibility index (Phi) is 5.41. The summed E-state index contributed by atoms with van der Waals surface area (Å²) < 4.78 is 0. The average Bonchev–Trinajstić information content (AvgIpc) is 3.37. The third-order valence-electron chi connectivity index (χ3n) is 4.45. The van der Waals surface area contributed by atoms with Crippen molar-refractivity contribution in [2.24, 2.45) is 0 Å². The maximum Gasteiger partial charge on any atom is 0.265 e. The zero-order chi connectivity index (χ0) is 19.5. The fourth-order valence-electron chi connectivity index (χ4n) is 2.92. The summed E-state index contributed by atoms with van der Waals surface area (Å²) in [7, 11) is 0. The molecule has 4 aromatic rings. The first-order valence-electron chi connectivity index (χ1n) is 9.15. The molecule has 0 aliphatic carbocycles. The molecule has 0 aliphatic heterocycles. The van der Waals surface area contributed by atoms with Crippen LogP contribution >= 0.6 is 22.9 Å². The summed E-state index contributed by atoms with van der Waals surface area (Å²) in [5.41, 5.74) is 4.06. The van der Waals surface area contributed by atoms with Crippen LogP contribution in [-0.2, 0) is 6.42 Å². The van der Waals surface area contributed by atoms with E-state index >= 15 is 0 Å². The number of aryl methyl sites for hydroxylation is 1. The third kappa shape index (κ3) is 3.93. The van der Waals surface area contributed by atoms with Crippen LogP contribution in [0.15, 0.2) is 53.9 Å². The zero-order valence-corrected chi connectivity index (χ0v) is 16.9.